The van der Waals surface area contributed by atoms with Gasteiger partial charge in [0.1, 0.15) is 0 Å². The first kappa shape index (κ1) is 13.9. The molecular formula is C20H20N2O2. The number of anilines is 1. The highest BCUT2D eigenvalue weighted by molar-refractivity contribution is 5.88. The van der Waals surface area contributed by atoms with E-state index in [4.69, 9.17) is 0 Å². The van der Waals surface area contributed by atoms with Gasteiger partial charge in [-0.05, 0) is 18.1 Å². The van der Waals surface area contributed by atoms with Crippen LogP contribution in [0.4, 0.5) is 5.69 Å². The van der Waals surface area contributed by atoms with E-state index < -0.39 is 5.97 Å². The van der Waals surface area contributed by atoms with Gasteiger partial charge in [0.2, 0.25) is 0 Å². The lowest BCUT2D eigenvalue weighted by Crippen LogP contribution is -2.41. The van der Waals surface area contributed by atoms with E-state index in [9.17, 15) is 9.90 Å². The zero-order valence-corrected chi connectivity index (χ0v) is 13.3. The number of allylic oxidation sites excluding steroid dienone is 2. The number of nitrogens with one attached hydrogen (secondary N) is 1. The molecule has 3 heterocycles. The predicted molar refractivity (Wildman–Crippen MR) is 92.7 cm³/mol. The number of carboxylic acids is 1. The van der Waals surface area contributed by atoms with Crippen molar-refractivity contribution in [1.82, 2.24) is 5.32 Å². The van der Waals surface area contributed by atoms with E-state index in [0.717, 1.165) is 13.0 Å². The Hall–Kier alpha value is -2.49. The molecule has 24 heavy (non-hydrogen) atoms. The third-order valence-corrected chi connectivity index (χ3v) is 6.12. The largest absolute Gasteiger partial charge is 0.478 e. The summed E-state index contributed by atoms with van der Waals surface area (Å²) in [6.45, 7) is 0.770. The molecule has 4 nitrogen and oxygen atoms in total. The van der Waals surface area contributed by atoms with Crippen LogP contribution in [0, 0.1) is 17.8 Å². The Kier molecular flexibility index (Phi) is 2.90. The number of hydrogen-bond donors (Lipinski definition) is 2. The lowest BCUT2D eigenvalue weighted by Gasteiger charge is -2.34. The molecule has 4 heteroatoms. The number of fused-ring (bicyclic) bond motifs is 7. The van der Waals surface area contributed by atoms with Gasteiger partial charge in [0.15, 0.2) is 0 Å². The number of hydrogen-bond acceptors (Lipinski definition) is 3. The van der Waals surface area contributed by atoms with E-state index in [1.165, 1.54) is 11.3 Å². The summed E-state index contributed by atoms with van der Waals surface area (Å²) in [5.74, 6) is -0.0426. The minimum absolute atomic E-state index is 0.0160. The van der Waals surface area contributed by atoms with Crippen LogP contribution in [0.25, 0.3) is 0 Å². The number of nitrogens with zero attached hydrogens (tertiary/aromatic N) is 1. The highest BCUT2D eigenvalue weighted by Crippen LogP contribution is 2.46. The van der Waals surface area contributed by atoms with E-state index in [-0.39, 0.29) is 12.0 Å². The molecule has 5 unspecified atom stereocenters. The fraction of sp³-hybridized carbons (Fsp3) is 0.350. The maximum atomic E-state index is 11.7. The first-order chi connectivity index (χ1) is 11.7. The molecule has 0 saturated carbocycles. The average molecular weight is 320 g/mol. The Balaban J connectivity index is 1.61. The van der Waals surface area contributed by atoms with Crippen LogP contribution in [0.1, 0.15) is 5.56 Å². The molecular weight excluding hydrogens is 300 g/mol. The SMILES string of the molecule is O=C(O)C1=CNC2C1CN1c3ccccc3CC1C1C=CC=CC12. The van der Waals surface area contributed by atoms with Gasteiger partial charge in [-0.25, -0.2) is 4.79 Å². The molecule has 1 fully saturated rings. The van der Waals surface area contributed by atoms with Gasteiger partial charge in [-0.3, -0.25) is 0 Å². The fourth-order valence-corrected chi connectivity index (χ4v) is 5.07. The zero-order chi connectivity index (χ0) is 16.3. The van der Waals surface area contributed by atoms with Gasteiger partial charge in [0, 0.05) is 48.3 Å². The van der Waals surface area contributed by atoms with Gasteiger partial charge in [-0.15, -0.1) is 0 Å². The monoisotopic (exact) mass is 320 g/mol. The molecule has 0 aromatic heterocycles. The summed E-state index contributed by atoms with van der Waals surface area (Å²) in [6.07, 6.45) is 11.6. The molecule has 3 aliphatic heterocycles. The van der Waals surface area contributed by atoms with Crippen molar-refractivity contribution in [3.05, 3.63) is 65.9 Å². The third kappa shape index (κ3) is 1.83. The van der Waals surface area contributed by atoms with Crippen molar-refractivity contribution in [2.24, 2.45) is 17.8 Å². The van der Waals surface area contributed by atoms with Crippen molar-refractivity contribution in [2.45, 2.75) is 18.5 Å². The van der Waals surface area contributed by atoms with E-state index in [1.54, 1.807) is 6.20 Å². The van der Waals surface area contributed by atoms with Crippen molar-refractivity contribution >= 4 is 11.7 Å². The molecule has 0 bridgehead atoms. The minimum Gasteiger partial charge on any atom is -0.478 e. The first-order valence-electron chi connectivity index (χ1n) is 8.63. The van der Waals surface area contributed by atoms with Gasteiger partial charge < -0.3 is 15.3 Å². The number of carboxylic acid groups (broad SMARTS) is 1. The molecule has 5 rings (SSSR count). The Bertz CT molecular complexity index is 795. The molecule has 1 aromatic carbocycles. The van der Waals surface area contributed by atoms with Crippen LogP contribution in [-0.4, -0.2) is 29.7 Å². The molecule has 5 atom stereocenters. The minimum atomic E-state index is -0.798. The first-order valence-corrected chi connectivity index (χ1v) is 8.63. The number of benzene rings is 1. The third-order valence-electron chi connectivity index (χ3n) is 6.12. The smallest absolute Gasteiger partial charge is 0.333 e. The van der Waals surface area contributed by atoms with Gasteiger partial charge in [-0.2, -0.15) is 0 Å². The van der Waals surface area contributed by atoms with E-state index >= 15 is 0 Å². The van der Waals surface area contributed by atoms with Gasteiger partial charge in [0.05, 0.1) is 5.57 Å². The summed E-state index contributed by atoms with van der Waals surface area (Å²) in [4.78, 5) is 14.2. The summed E-state index contributed by atoms with van der Waals surface area (Å²) in [5, 5.41) is 13.0. The van der Waals surface area contributed by atoms with Crippen LogP contribution in [0.3, 0.4) is 0 Å². The van der Waals surface area contributed by atoms with Gasteiger partial charge >= 0.3 is 5.97 Å². The van der Waals surface area contributed by atoms with Crippen molar-refractivity contribution < 1.29 is 9.90 Å². The Morgan fingerprint density at radius 3 is 2.79 bits per heavy atom. The summed E-state index contributed by atoms with van der Waals surface area (Å²) in [7, 11) is 0. The summed E-state index contributed by atoms with van der Waals surface area (Å²) in [5.41, 5.74) is 3.18. The molecule has 2 N–H and O–H groups in total. The average Bonchev–Trinajstić information content (AvgIpc) is 3.14. The Morgan fingerprint density at radius 1 is 1.17 bits per heavy atom. The maximum absolute atomic E-state index is 11.7. The topological polar surface area (TPSA) is 52.6 Å². The number of para-hydroxylation sites is 1. The second-order valence-corrected chi connectivity index (χ2v) is 7.18. The molecule has 0 spiro atoms. The highest BCUT2D eigenvalue weighted by Gasteiger charge is 2.49. The summed E-state index contributed by atoms with van der Waals surface area (Å²) < 4.78 is 0. The van der Waals surface area contributed by atoms with Crippen molar-refractivity contribution in [3.8, 4) is 0 Å². The lowest BCUT2D eigenvalue weighted by atomic mass is 9.75. The van der Waals surface area contributed by atoms with E-state index in [1.807, 2.05) is 0 Å². The summed E-state index contributed by atoms with van der Waals surface area (Å²) >= 11 is 0. The Morgan fingerprint density at radius 2 is 1.96 bits per heavy atom. The van der Waals surface area contributed by atoms with Crippen LogP contribution in [0.5, 0.6) is 0 Å². The molecule has 0 radical (unpaired) electrons. The quantitative estimate of drug-likeness (QED) is 0.834. The molecule has 122 valence electrons. The number of rotatable bonds is 1. The van der Waals surface area contributed by atoms with Gasteiger partial charge in [-0.1, -0.05) is 42.5 Å². The van der Waals surface area contributed by atoms with Crippen LogP contribution < -0.4 is 10.2 Å². The summed E-state index contributed by atoms with van der Waals surface area (Å²) in [6, 6.07) is 9.15. The van der Waals surface area contributed by atoms with E-state index in [2.05, 4.69) is 58.8 Å². The van der Waals surface area contributed by atoms with Crippen molar-refractivity contribution in [3.63, 3.8) is 0 Å². The van der Waals surface area contributed by atoms with Crippen LogP contribution in [0.2, 0.25) is 0 Å². The predicted octanol–water partition coefficient (Wildman–Crippen LogP) is 2.35. The van der Waals surface area contributed by atoms with Crippen LogP contribution in [0.15, 0.2) is 60.3 Å². The fourth-order valence-electron chi connectivity index (χ4n) is 5.07. The standard InChI is InChI=1S/C20H20N2O2/c23-20(24)15-10-21-19-14-7-3-2-6-13(14)18-9-12-5-1-4-8-17(12)22(18)11-16(15)19/h1-8,10,13-14,16,18-19,21H,9,11H2,(H,23,24). The second kappa shape index (κ2) is 5.00. The van der Waals surface area contributed by atoms with Crippen molar-refractivity contribution in [1.29, 1.82) is 0 Å². The van der Waals surface area contributed by atoms with E-state index in [0.29, 0.717) is 23.5 Å². The molecule has 0 amide bonds. The number of aliphatic carboxylic acids is 1. The lowest BCUT2D eigenvalue weighted by molar-refractivity contribution is -0.133. The molecule has 1 saturated heterocycles. The molecule has 1 aliphatic carbocycles. The second-order valence-electron chi connectivity index (χ2n) is 7.18. The van der Waals surface area contributed by atoms with Crippen LogP contribution >= 0.6 is 0 Å². The van der Waals surface area contributed by atoms with Crippen LogP contribution in [-0.2, 0) is 11.2 Å². The maximum Gasteiger partial charge on any atom is 0.333 e. The normalized spacial score (nSPS) is 35.2. The van der Waals surface area contributed by atoms with Gasteiger partial charge in [0.25, 0.3) is 0 Å². The molecule has 1 aromatic rings. The Labute approximate surface area is 141 Å². The molecule has 4 aliphatic rings. The zero-order valence-electron chi connectivity index (χ0n) is 13.3. The highest BCUT2D eigenvalue weighted by atomic mass is 16.4. The van der Waals surface area contributed by atoms with Crippen molar-refractivity contribution in [2.75, 3.05) is 11.4 Å². The number of carbonyl (C=O) groups is 1.